The Labute approximate surface area is 76.5 Å². The molecule has 0 aliphatic carbocycles. The lowest BCUT2D eigenvalue weighted by Gasteiger charge is -2.31. The normalized spacial score (nSPS) is 28.1. The van der Waals surface area contributed by atoms with Crippen LogP contribution in [0.5, 0.6) is 0 Å². The summed E-state index contributed by atoms with van der Waals surface area (Å²) in [7, 11) is 0. The molecule has 1 aliphatic rings. The lowest BCUT2D eigenvalue weighted by Crippen LogP contribution is -2.58. The number of rotatable bonds is 2. The zero-order chi connectivity index (χ0) is 10.0. The van der Waals surface area contributed by atoms with Crippen LogP contribution in [0, 0.1) is 5.92 Å². The highest BCUT2D eigenvalue weighted by Gasteiger charge is 2.31. The Morgan fingerprint density at radius 2 is 2.15 bits per heavy atom. The first-order valence-electron chi connectivity index (χ1n) is 4.30. The second kappa shape index (κ2) is 3.64. The smallest absolute Gasteiger partial charge is 0.326 e. The van der Waals surface area contributed by atoms with Gasteiger partial charge in [0.1, 0.15) is 6.04 Å². The van der Waals surface area contributed by atoms with Crippen molar-refractivity contribution in [1.82, 2.24) is 10.6 Å². The third-order valence-electron chi connectivity index (χ3n) is 2.21. The summed E-state index contributed by atoms with van der Waals surface area (Å²) in [4.78, 5) is 21.6. The Kier molecular flexibility index (Phi) is 2.75. The maximum absolute atomic E-state index is 11.0. The van der Waals surface area contributed by atoms with Gasteiger partial charge in [0, 0.05) is 6.04 Å². The van der Waals surface area contributed by atoms with Gasteiger partial charge in [-0.15, -0.1) is 0 Å². The van der Waals surface area contributed by atoms with Crippen LogP contribution < -0.4 is 10.6 Å². The minimum absolute atomic E-state index is 0.0464. The van der Waals surface area contributed by atoms with E-state index in [0.717, 1.165) is 0 Å². The summed E-state index contributed by atoms with van der Waals surface area (Å²) in [6, 6.07) is -1.19. The van der Waals surface area contributed by atoms with Crippen LogP contribution >= 0.6 is 0 Å². The van der Waals surface area contributed by atoms with Crippen molar-refractivity contribution in [3.8, 4) is 0 Å². The van der Waals surface area contributed by atoms with E-state index >= 15 is 0 Å². The molecule has 74 valence electrons. The van der Waals surface area contributed by atoms with Crippen LogP contribution in [0.15, 0.2) is 0 Å². The Bertz CT molecular complexity index is 227. The van der Waals surface area contributed by atoms with Gasteiger partial charge in [-0.05, 0) is 12.3 Å². The largest absolute Gasteiger partial charge is 0.480 e. The molecular weight excluding hydrogens is 172 g/mol. The standard InChI is InChI=1S/C8H14N2O3/c1-4(2)5-3-6(7(11)12)10-8(13)9-5/h4-6H,3H2,1-2H3,(H,11,12)(H2,9,10,13). The molecule has 1 aliphatic heterocycles. The first-order chi connectivity index (χ1) is 6.00. The van der Waals surface area contributed by atoms with Crippen LogP contribution in [0.1, 0.15) is 20.3 Å². The van der Waals surface area contributed by atoms with Gasteiger partial charge in [-0.1, -0.05) is 13.8 Å². The highest BCUT2D eigenvalue weighted by atomic mass is 16.4. The summed E-state index contributed by atoms with van der Waals surface area (Å²) in [5.41, 5.74) is 0. The summed E-state index contributed by atoms with van der Waals surface area (Å²) in [6.45, 7) is 3.91. The molecule has 3 N–H and O–H groups in total. The lowest BCUT2D eigenvalue weighted by atomic mass is 9.95. The first-order valence-corrected chi connectivity index (χ1v) is 4.30. The molecule has 1 heterocycles. The minimum Gasteiger partial charge on any atom is -0.480 e. The number of urea groups is 1. The monoisotopic (exact) mass is 186 g/mol. The second-order valence-corrected chi connectivity index (χ2v) is 3.59. The van der Waals surface area contributed by atoms with Crippen LogP contribution in [0.4, 0.5) is 4.79 Å². The molecule has 2 atom stereocenters. The fraction of sp³-hybridized carbons (Fsp3) is 0.750. The van der Waals surface area contributed by atoms with E-state index < -0.39 is 18.0 Å². The quantitative estimate of drug-likeness (QED) is 0.575. The summed E-state index contributed by atoms with van der Waals surface area (Å²) >= 11 is 0. The summed E-state index contributed by atoms with van der Waals surface area (Å²) in [5.74, 6) is -0.714. The Morgan fingerprint density at radius 1 is 1.54 bits per heavy atom. The van der Waals surface area contributed by atoms with Crippen LogP contribution in [0.2, 0.25) is 0 Å². The number of aliphatic carboxylic acids is 1. The van der Waals surface area contributed by atoms with Crippen molar-refractivity contribution in [3.05, 3.63) is 0 Å². The number of amides is 2. The van der Waals surface area contributed by atoms with Gasteiger partial charge >= 0.3 is 12.0 Å². The van der Waals surface area contributed by atoms with Gasteiger partial charge < -0.3 is 15.7 Å². The molecule has 1 saturated heterocycles. The Balaban J connectivity index is 2.63. The molecule has 0 bridgehead atoms. The molecule has 1 rings (SSSR count). The predicted octanol–water partition coefficient (Wildman–Crippen LogP) is 0.167. The average molecular weight is 186 g/mol. The highest BCUT2D eigenvalue weighted by molar-refractivity contribution is 5.84. The number of carbonyl (C=O) groups is 2. The summed E-state index contributed by atoms with van der Waals surface area (Å²) in [5, 5.41) is 13.8. The molecule has 0 aromatic carbocycles. The fourth-order valence-corrected chi connectivity index (χ4v) is 1.34. The number of nitrogens with one attached hydrogen (secondary N) is 2. The molecule has 2 unspecified atom stereocenters. The molecular formula is C8H14N2O3. The van der Waals surface area contributed by atoms with Crippen LogP contribution in [-0.2, 0) is 4.79 Å². The van der Waals surface area contributed by atoms with Crippen LogP contribution in [0.3, 0.4) is 0 Å². The van der Waals surface area contributed by atoms with E-state index in [9.17, 15) is 9.59 Å². The topological polar surface area (TPSA) is 78.4 Å². The molecule has 0 saturated carbocycles. The third kappa shape index (κ3) is 2.34. The molecule has 1 fully saturated rings. The SMILES string of the molecule is CC(C)C1CC(C(=O)O)NC(=O)N1. The zero-order valence-corrected chi connectivity index (χ0v) is 7.70. The molecule has 2 amide bonds. The van der Waals surface area contributed by atoms with Crippen LogP contribution in [-0.4, -0.2) is 29.2 Å². The molecule has 0 aromatic heterocycles. The molecule has 13 heavy (non-hydrogen) atoms. The maximum atomic E-state index is 11.0. The molecule has 5 heteroatoms. The highest BCUT2D eigenvalue weighted by Crippen LogP contribution is 2.12. The van der Waals surface area contributed by atoms with Gasteiger partial charge in [0.05, 0.1) is 0 Å². The van der Waals surface area contributed by atoms with Gasteiger partial charge in [-0.3, -0.25) is 0 Å². The maximum Gasteiger partial charge on any atom is 0.326 e. The van der Waals surface area contributed by atoms with Gasteiger partial charge in [0.2, 0.25) is 0 Å². The van der Waals surface area contributed by atoms with Gasteiger partial charge in [-0.2, -0.15) is 0 Å². The van der Waals surface area contributed by atoms with Crippen molar-refractivity contribution < 1.29 is 14.7 Å². The van der Waals surface area contributed by atoms with E-state index in [-0.39, 0.29) is 12.0 Å². The molecule has 5 nitrogen and oxygen atoms in total. The first kappa shape index (κ1) is 9.83. The molecule has 0 spiro atoms. The van der Waals surface area contributed by atoms with E-state index in [4.69, 9.17) is 5.11 Å². The van der Waals surface area contributed by atoms with Crippen molar-refractivity contribution in [1.29, 1.82) is 0 Å². The summed E-state index contributed by atoms with van der Waals surface area (Å²) in [6.07, 6.45) is 0.443. The fourth-order valence-electron chi connectivity index (χ4n) is 1.34. The molecule has 0 radical (unpaired) electrons. The van der Waals surface area contributed by atoms with Crippen molar-refractivity contribution in [2.45, 2.75) is 32.4 Å². The number of carboxylic acids is 1. The lowest BCUT2D eigenvalue weighted by molar-refractivity contribution is -0.139. The number of hydrogen-bond donors (Lipinski definition) is 3. The van der Waals surface area contributed by atoms with Gasteiger partial charge in [0.25, 0.3) is 0 Å². The van der Waals surface area contributed by atoms with E-state index in [1.54, 1.807) is 0 Å². The Morgan fingerprint density at radius 3 is 2.62 bits per heavy atom. The predicted molar refractivity (Wildman–Crippen MR) is 46.3 cm³/mol. The second-order valence-electron chi connectivity index (χ2n) is 3.59. The Hall–Kier alpha value is -1.26. The van der Waals surface area contributed by atoms with E-state index in [0.29, 0.717) is 6.42 Å². The van der Waals surface area contributed by atoms with Crippen molar-refractivity contribution >= 4 is 12.0 Å². The number of hydrogen-bond acceptors (Lipinski definition) is 2. The van der Waals surface area contributed by atoms with Crippen molar-refractivity contribution in [3.63, 3.8) is 0 Å². The van der Waals surface area contributed by atoms with E-state index in [2.05, 4.69) is 10.6 Å². The van der Waals surface area contributed by atoms with E-state index in [1.807, 2.05) is 13.8 Å². The van der Waals surface area contributed by atoms with E-state index in [1.165, 1.54) is 0 Å². The number of carbonyl (C=O) groups excluding carboxylic acids is 1. The van der Waals surface area contributed by atoms with Crippen molar-refractivity contribution in [2.24, 2.45) is 5.92 Å². The van der Waals surface area contributed by atoms with Gasteiger partial charge in [0.15, 0.2) is 0 Å². The third-order valence-corrected chi connectivity index (χ3v) is 2.21. The molecule has 0 aromatic rings. The minimum atomic E-state index is -0.972. The zero-order valence-electron chi connectivity index (χ0n) is 7.70. The number of carboxylic acid groups (broad SMARTS) is 1. The average Bonchev–Trinajstić information content (AvgIpc) is 2.03. The van der Waals surface area contributed by atoms with Gasteiger partial charge in [-0.25, -0.2) is 9.59 Å². The van der Waals surface area contributed by atoms with Crippen LogP contribution in [0.25, 0.3) is 0 Å². The van der Waals surface area contributed by atoms with Crippen molar-refractivity contribution in [2.75, 3.05) is 0 Å². The summed E-state index contributed by atoms with van der Waals surface area (Å²) < 4.78 is 0.